The van der Waals surface area contributed by atoms with Crippen molar-refractivity contribution >= 4 is 17.7 Å². The topological polar surface area (TPSA) is 86.9 Å². The maximum absolute atomic E-state index is 11.9. The summed E-state index contributed by atoms with van der Waals surface area (Å²) in [5.41, 5.74) is 1.82. The van der Waals surface area contributed by atoms with Crippen LogP contribution in [-0.4, -0.2) is 55.5 Å². The molecule has 26 heavy (non-hydrogen) atoms. The van der Waals surface area contributed by atoms with E-state index in [0.29, 0.717) is 24.1 Å². The van der Waals surface area contributed by atoms with Crippen molar-refractivity contribution in [3.8, 4) is 11.5 Å². The van der Waals surface area contributed by atoms with Gasteiger partial charge in [0, 0.05) is 25.9 Å². The minimum atomic E-state index is -0.0585. The number of hydrogen-bond donors (Lipinski definition) is 1. The van der Waals surface area contributed by atoms with Crippen molar-refractivity contribution in [2.75, 3.05) is 18.9 Å². The third-order valence-electron chi connectivity index (χ3n) is 4.25. The standard InChI is InChI=1S/C17H24N6O2S/c1-4-7-18-15(24)11-26-17-20-19-16(14-9-12(2)22(3)21-14)23(17)10-13-6-5-8-25-13/h4,9,13H,1,5-8,10-11H2,2-3H3,(H,18,24)/t13-/m0/s1. The molecule has 1 amide bonds. The minimum Gasteiger partial charge on any atom is -0.376 e. The highest BCUT2D eigenvalue weighted by molar-refractivity contribution is 7.99. The van der Waals surface area contributed by atoms with Crippen molar-refractivity contribution in [2.24, 2.45) is 7.05 Å². The zero-order chi connectivity index (χ0) is 18.5. The third kappa shape index (κ3) is 4.34. The molecule has 1 N–H and O–H groups in total. The summed E-state index contributed by atoms with van der Waals surface area (Å²) in [5, 5.41) is 16.6. The summed E-state index contributed by atoms with van der Waals surface area (Å²) in [5.74, 6) is 0.925. The Morgan fingerprint density at radius 1 is 1.54 bits per heavy atom. The van der Waals surface area contributed by atoms with Crippen LogP contribution in [0.25, 0.3) is 11.5 Å². The van der Waals surface area contributed by atoms with Gasteiger partial charge in [0.2, 0.25) is 5.91 Å². The van der Waals surface area contributed by atoms with E-state index in [1.54, 1.807) is 6.08 Å². The summed E-state index contributed by atoms with van der Waals surface area (Å²) in [6, 6.07) is 1.99. The number of thioether (sulfide) groups is 1. The van der Waals surface area contributed by atoms with Crippen LogP contribution in [0.2, 0.25) is 0 Å². The third-order valence-corrected chi connectivity index (χ3v) is 5.21. The van der Waals surface area contributed by atoms with Crippen molar-refractivity contribution in [3.63, 3.8) is 0 Å². The van der Waals surface area contributed by atoms with Crippen LogP contribution in [0.5, 0.6) is 0 Å². The largest absolute Gasteiger partial charge is 0.376 e. The van der Waals surface area contributed by atoms with E-state index in [1.165, 1.54) is 11.8 Å². The van der Waals surface area contributed by atoms with E-state index >= 15 is 0 Å². The zero-order valence-corrected chi connectivity index (χ0v) is 16.0. The Morgan fingerprint density at radius 3 is 3.04 bits per heavy atom. The fourth-order valence-corrected chi connectivity index (χ4v) is 3.56. The molecule has 3 heterocycles. The van der Waals surface area contributed by atoms with Crippen LogP contribution in [0.4, 0.5) is 0 Å². The molecule has 0 spiro atoms. The molecule has 1 saturated heterocycles. The van der Waals surface area contributed by atoms with Crippen LogP contribution in [0, 0.1) is 6.92 Å². The quantitative estimate of drug-likeness (QED) is 0.556. The highest BCUT2D eigenvalue weighted by atomic mass is 32.2. The summed E-state index contributed by atoms with van der Waals surface area (Å²) in [7, 11) is 1.90. The summed E-state index contributed by atoms with van der Waals surface area (Å²) in [6.07, 6.45) is 3.88. The molecule has 0 bridgehead atoms. The first-order valence-electron chi connectivity index (χ1n) is 8.64. The lowest BCUT2D eigenvalue weighted by atomic mass is 10.2. The number of carbonyl (C=O) groups is 1. The van der Waals surface area contributed by atoms with Gasteiger partial charge in [0.05, 0.1) is 18.4 Å². The molecule has 1 fully saturated rings. The van der Waals surface area contributed by atoms with E-state index in [9.17, 15) is 4.79 Å². The molecular weight excluding hydrogens is 352 g/mol. The van der Waals surface area contributed by atoms with Gasteiger partial charge in [0.1, 0.15) is 5.69 Å². The molecule has 1 aliphatic heterocycles. The lowest BCUT2D eigenvalue weighted by Gasteiger charge is -2.13. The number of hydrogen-bond acceptors (Lipinski definition) is 6. The fraction of sp³-hybridized carbons (Fsp3) is 0.529. The highest BCUT2D eigenvalue weighted by Crippen LogP contribution is 2.26. The van der Waals surface area contributed by atoms with Crippen LogP contribution in [0.3, 0.4) is 0 Å². The molecule has 8 nitrogen and oxygen atoms in total. The van der Waals surface area contributed by atoms with Gasteiger partial charge in [-0.05, 0) is 25.8 Å². The Kier molecular flexibility index (Phi) is 6.10. The monoisotopic (exact) mass is 376 g/mol. The first-order valence-corrected chi connectivity index (χ1v) is 9.63. The Hall–Kier alpha value is -2.13. The molecule has 1 aliphatic rings. The highest BCUT2D eigenvalue weighted by Gasteiger charge is 2.23. The second-order valence-corrected chi connectivity index (χ2v) is 7.17. The molecule has 2 aromatic rings. The van der Waals surface area contributed by atoms with Crippen LogP contribution in [-0.2, 0) is 23.1 Å². The molecule has 0 aliphatic carbocycles. The SMILES string of the molecule is C=CCNC(=O)CSc1nnc(-c2cc(C)n(C)n2)n1C[C@@H]1CCCO1. The smallest absolute Gasteiger partial charge is 0.230 e. The fourth-order valence-electron chi connectivity index (χ4n) is 2.78. The molecule has 9 heteroatoms. The number of aryl methyl sites for hydroxylation is 2. The average Bonchev–Trinajstić information content (AvgIpc) is 3.34. The molecule has 0 aromatic carbocycles. The predicted molar refractivity (Wildman–Crippen MR) is 99.9 cm³/mol. The maximum Gasteiger partial charge on any atom is 0.230 e. The van der Waals surface area contributed by atoms with Crippen LogP contribution < -0.4 is 5.32 Å². The van der Waals surface area contributed by atoms with E-state index in [0.717, 1.165) is 30.8 Å². The minimum absolute atomic E-state index is 0.0585. The maximum atomic E-state index is 11.9. The molecule has 3 rings (SSSR count). The number of nitrogens with zero attached hydrogens (tertiary/aromatic N) is 5. The number of rotatable bonds is 8. The van der Waals surface area contributed by atoms with Gasteiger partial charge in [-0.15, -0.1) is 16.8 Å². The lowest BCUT2D eigenvalue weighted by molar-refractivity contribution is -0.118. The Bertz CT molecular complexity index is 759. The van der Waals surface area contributed by atoms with E-state index in [1.807, 2.05) is 29.3 Å². The normalized spacial score (nSPS) is 16.8. The van der Waals surface area contributed by atoms with Crippen molar-refractivity contribution in [1.29, 1.82) is 0 Å². The van der Waals surface area contributed by atoms with E-state index < -0.39 is 0 Å². The second kappa shape index (κ2) is 8.50. The Labute approximate surface area is 157 Å². The number of aromatic nitrogens is 5. The van der Waals surface area contributed by atoms with E-state index in [4.69, 9.17) is 4.74 Å². The summed E-state index contributed by atoms with van der Waals surface area (Å²) >= 11 is 1.37. The molecule has 0 unspecified atom stereocenters. The molecule has 140 valence electrons. The number of amides is 1. The van der Waals surface area contributed by atoms with Crippen LogP contribution in [0.15, 0.2) is 23.9 Å². The van der Waals surface area contributed by atoms with Crippen molar-refractivity contribution in [3.05, 3.63) is 24.4 Å². The number of carbonyl (C=O) groups excluding carboxylic acids is 1. The van der Waals surface area contributed by atoms with E-state index in [-0.39, 0.29) is 17.8 Å². The van der Waals surface area contributed by atoms with Gasteiger partial charge in [0.15, 0.2) is 11.0 Å². The van der Waals surface area contributed by atoms with Gasteiger partial charge in [-0.25, -0.2) is 0 Å². The van der Waals surface area contributed by atoms with Gasteiger partial charge in [0.25, 0.3) is 0 Å². The Morgan fingerprint density at radius 2 is 2.38 bits per heavy atom. The van der Waals surface area contributed by atoms with Gasteiger partial charge in [-0.1, -0.05) is 17.8 Å². The molecule has 0 saturated carbocycles. The van der Waals surface area contributed by atoms with E-state index in [2.05, 4.69) is 27.2 Å². The number of ether oxygens (including phenoxy) is 1. The summed E-state index contributed by atoms with van der Waals surface area (Å²) in [4.78, 5) is 11.9. The predicted octanol–water partition coefficient (Wildman–Crippen LogP) is 1.56. The van der Waals surface area contributed by atoms with Gasteiger partial charge in [-0.3, -0.25) is 14.0 Å². The zero-order valence-electron chi connectivity index (χ0n) is 15.1. The van der Waals surface area contributed by atoms with Crippen molar-refractivity contribution < 1.29 is 9.53 Å². The van der Waals surface area contributed by atoms with Gasteiger partial charge < -0.3 is 10.1 Å². The number of nitrogens with one attached hydrogen (secondary N) is 1. The van der Waals surface area contributed by atoms with Gasteiger partial charge >= 0.3 is 0 Å². The first-order chi connectivity index (χ1) is 12.6. The first kappa shape index (κ1) is 18.7. The van der Waals surface area contributed by atoms with Crippen LogP contribution in [0.1, 0.15) is 18.5 Å². The van der Waals surface area contributed by atoms with Crippen LogP contribution >= 0.6 is 11.8 Å². The second-order valence-electron chi connectivity index (χ2n) is 6.23. The lowest BCUT2D eigenvalue weighted by Crippen LogP contribution is -2.25. The molecule has 2 aromatic heterocycles. The molecular formula is C17H24N6O2S. The average molecular weight is 376 g/mol. The van der Waals surface area contributed by atoms with Crippen molar-refractivity contribution in [2.45, 2.75) is 37.6 Å². The Balaban J connectivity index is 1.81. The molecule has 1 atom stereocenters. The summed E-state index contributed by atoms with van der Waals surface area (Å²) < 4.78 is 9.61. The van der Waals surface area contributed by atoms with Crippen molar-refractivity contribution in [1.82, 2.24) is 29.9 Å². The van der Waals surface area contributed by atoms with Gasteiger partial charge in [-0.2, -0.15) is 5.10 Å². The molecule has 0 radical (unpaired) electrons. The summed E-state index contributed by atoms with van der Waals surface area (Å²) in [6.45, 7) is 7.50.